The minimum atomic E-state index is -4.38. The smallest absolute Gasteiger partial charge is 0.462 e. The van der Waals surface area contributed by atoms with E-state index in [4.69, 9.17) is 24.3 Å². The molecule has 0 radical (unpaired) electrons. The van der Waals surface area contributed by atoms with Crippen molar-refractivity contribution in [2.75, 3.05) is 26.4 Å². The Balaban J connectivity index is 4.18. The van der Waals surface area contributed by atoms with Crippen molar-refractivity contribution in [1.29, 1.82) is 0 Å². The Morgan fingerprint density at radius 1 is 0.566 bits per heavy atom. The fourth-order valence-corrected chi connectivity index (χ4v) is 6.54. The molecule has 0 rings (SSSR count). The Morgan fingerprint density at radius 2 is 0.981 bits per heavy atom. The van der Waals surface area contributed by atoms with Gasteiger partial charge in [0.2, 0.25) is 0 Å². The van der Waals surface area contributed by atoms with Gasteiger partial charge in [-0.1, -0.05) is 147 Å². The molecule has 0 aliphatic rings. The number of phosphoric ester groups is 1. The van der Waals surface area contributed by atoms with Gasteiger partial charge in [-0.3, -0.25) is 18.6 Å². The molecular weight excluding hydrogens is 689 g/mol. The van der Waals surface area contributed by atoms with Crippen molar-refractivity contribution in [3.63, 3.8) is 0 Å². The molecule has 0 heterocycles. The van der Waals surface area contributed by atoms with E-state index in [1.165, 1.54) is 89.9 Å². The summed E-state index contributed by atoms with van der Waals surface area (Å²) in [6.07, 6.45) is 43.1. The Bertz CT molecular complexity index is 970. The predicted molar refractivity (Wildman–Crippen MR) is 220 cm³/mol. The molecule has 2 atom stereocenters. The van der Waals surface area contributed by atoms with Crippen molar-refractivity contribution in [2.24, 2.45) is 5.73 Å². The second-order valence-corrected chi connectivity index (χ2v) is 15.7. The third kappa shape index (κ3) is 39.7. The summed E-state index contributed by atoms with van der Waals surface area (Å²) in [4.78, 5) is 34.8. The zero-order valence-corrected chi connectivity index (χ0v) is 34.9. The summed E-state index contributed by atoms with van der Waals surface area (Å²) >= 11 is 0. The van der Waals surface area contributed by atoms with Gasteiger partial charge in [0.15, 0.2) is 6.10 Å². The molecule has 3 N–H and O–H groups in total. The lowest BCUT2D eigenvalue weighted by Gasteiger charge is -2.19. The molecule has 0 saturated heterocycles. The molecule has 53 heavy (non-hydrogen) atoms. The van der Waals surface area contributed by atoms with E-state index >= 15 is 0 Å². The number of carbonyl (C=O) groups is 2. The Morgan fingerprint density at radius 3 is 1.49 bits per heavy atom. The lowest BCUT2D eigenvalue weighted by atomic mass is 10.1. The molecule has 0 aliphatic carbocycles. The van der Waals surface area contributed by atoms with Crippen LogP contribution in [0, 0.1) is 0 Å². The summed E-state index contributed by atoms with van der Waals surface area (Å²) < 4.78 is 32.7. The highest BCUT2D eigenvalue weighted by molar-refractivity contribution is 7.47. The molecule has 1 unspecified atom stereocenters. The summed E-state index contributed by atoms with van der Waals surface area (Å²) in [6.45, 7) is 3.68. The van der Waals surface area contributed by atoms with Crippen LogP contribution in [0.1, 0.15) is 194 Å². The van der Waals surface area contributed by atoms with Crippen molar-refractivity contribution < 1.29 is 37.6 Å². The van der Waals surface area contributed by atoms with Crippen LogP contribution in [0.15, 0.2) is 36.5 Å². The highest BCUT2D eigenvalue weighted by Gasteiger charge is 2.26. The van der Waals surface area contributed by atoms with E-state index < -0.39 is 32.5 Å². The molecule has 0 amide bonds. The first-order valence-electron chi connectivity index (χ1n) is 21.5. The Kier molecular flexibility index (Phi) is 38.6. The summed E-state index contributed by atoms with van der Waals surface area (Å²) in [5.41, 5.74) is 5.34. The first-order chi connectivity index (χ1) is 25.8. The van der Waals surface area contributed by atoms with Gasteiger partial charge in [0.25, 0.3) is 0 Å². The van der Waals surface area contributed by atoms with E-state index in [-0.39, 0.29) is 32.6 Å². The van der Waals surface area contributed by atoms with Gasteiger partial charge in [0, 0.05) is 19.4 Å². The summed E-state index contributed by atoms with van der Waals surface area (Å²) in [5.74, 6) is -0.848. The van der Waals surface area contributed by atoms with E-state index in [1.54, 1.807) is 0 Å². The fraction of sp³-hybridized carbons (Fsp3) is 0.814. The zero-order chi connectivity index (χ0) is 38.9. The summed E-state index contributed by atoms with van der Waals surface area (Å²) in [6, 6.07) is 0. The number of nitrogens with two attached hydrogens (primary N) is 1. The van der Waals surface area contributed by atoms with Gasteiger partial charge < -0.3 is 20.1 Å². The van der Waals surface area contributed by atoms with Crippen LogP contribution in [-0.2, 0) is 32.7 Å². The molecule has 0 fully saturated rings. The standard InChI is InChI=1S/C43H80NO8P/c1-3-5-7-9-11-13-15-17-19-20-22-24-26-28-30-32-34-36-43(46)52-41(40-51-53(47,48)50-38-37-44)39-49-42(45)35-33-31-29-27-25-23-21-18-16-14-12-10-8-6-4-2/h12,14,17-19,21,41H,3-11,13,15-16,20,22-40,44H2,1-2H3,(H,47,48)/b14-12+,19-17+,21-18+/t41-/m1/s1. The van der Waals surface area contributed by atoms with Crippen LogP contribution in [0.25, 0.3) is 0 Å². The maximum Gasteiger partial charge on any atom is 0.472 e. The lowest BCUT2D eigenvalue weighted by molar-refractivity contribution is -0.161. The molecular formula is C43H80NO8P. The highest BCUT2D eigenvalue weighted by Crippen LogP contribution is 2.43. The molecule has 0 aromatic carbocycles. The van der Waals surface area contributed by atoms with Crippen molar-refractivity contribution in [3.05, 3.63) is 36.5 Å². The van der Waals surface area contributed by atoms with Gasteiger partial charge in [-0.05, 0) is 70.6 Å². The van der Waals surface area contributed by atoms with Crippen LogP contribution in [0.2, 0.25) is 0 Å². The van der Waals surface area contributed by atoms with E-state index in [2.05, 4.69) is 50.3 Å². The zero-order valence-electron chi connectivity index (χ0n) is 34.0. The minimum Gasteiger partial charge on any atom is -0.462 e. The van der Waals surface area contributed by atoms with Crippen molar-refractivity contribution in [3.8, 4) is 0 Å². The number of hydrogen-bond donors (Lipinski definition) is 2. The molecule has 0 aromatic heterocycles. The predicted octanol–water partition coefficient (Wildman–Crippen LogP) is 12.2. The van der Waals surface area contributed by atoms with Crippen LogP contribution in [-0.4, -0.2) is 49.3 Å². The van der Waals surface area contributed by atoms with Gasteiger partial charge in [-0.15, -0.1) is 0 Å². The Hall–Kier alpha value is -1.77. The van der Waals surface area contributed by atoms with E-state index in [1.807, 2.05) is 0 Å². The number of unbranched alkanes of at least 4 members (excludes halogenated alkanes) is 21. The third-order valence-electron chi connectivity index (χ3n) is 9.00. The monoisotopic (exact) mass is 770 g/mol. The quantitative estimate of drug-likeness (QED) is 0.0270. The van der Waals surface area contributed by atoms with Crippen LogP contribution < -0.4 is 5.73 Å². The van der Waals surface area contributed by atoms with Crippen molar-refractivity contribution in [1.82, 2.24) is 0 Å². The maximum atomic E-state index is 12.6. The average Bonchev–Trinajstić information content (AvgIpc) is 3.14. The minimum absolute atomic E-state index is 0.0504. The lowest BCUT2D eigenvalue weighted by Crippen LogP contribution is -2.29. The topological polar surface area (TPSA) is 134 Å². The molecule has 9 nitrogen and oxygen atoms in total. The van der Waals surface area contributed by atoms with E-state index in [9.17, 15) is 19.0 Å². The second-order valence-electron chi connectivity index (χ2n) is 14.2. The third-order valence-corrected chi connectivity index (χ3v) is 9.98. The van der Waals surface area contributed by atoms with Crippen molar-refractivity contribution in [2.45, 2.75) is 200 Å². The number of ether oxygens (including phenoxy) is 2. The highest BCUT2D eigenvalue weighted by atomic mass is 31.2. The second kappa shape index (κ2) is 39.9. The molecule has 10 heteroatoms. The molecule has 0 spiro atoms. The van der Waals surface area contributed by atoms with Gasteiger partial charge in [-0.25, -0.2) is 4.57 Å². The SMILES string of the molecule is CCCCC/C=C/C/C=C/CCCCCCCC(=O)OC[C@H](COP(=O)(O)OCCN)OC(=O)CCCCCCCCC/C=C/CCCCCCCC. The number of phosphoric acid groups is 1. The van der Waals surface area contributed by atoms with Crippen molar-refractivity contribution >= 4 is 19.8 Å². The molecule has 0 aromatic rings. The number of esters is 2. The van der Waals surface area contributed by atoms with Crippen LogP contribution in [0.3, 0.4) is 0 Å². The van der Waals surface area contributed by atoms with Crippen LogP contribution in [0.5, 0.6) is 0 Å². The van der Waals surface area contributed by atoms with Gasteiger partial charge in [-0.2, -0.15) is 0 Å². The number of carbonyl (C=O) groups excluding carboxylic acids is 2. The number of hydrogen-bond acceptors (Lipinski definition) is 8. The first-order valence-corrected chi connectivity index (χ1v) is 23.0. The Labute approximate surface area is 324 Å². The maximum absolute atomic E-state index is 12.6. The normalized spacial score (nSPS) is 13.7. The molecule has 0 aliphatic heterocycles. The van der Waals surface area contributed by atoms with Gasteiger partial charge >= 0.3 is 19.8 Å². The van der Waals surface area contributed by atoms with Crippen LogP contribution in [0.4, 0.5) is 0 Å². The molecule has 310 valence electrons. The molecule has 0 bridgehead atoms. The van der Waals surface area contributed by atoms with Gasteiger partial charge in [0.1, 0.15) is 6.61 Å². The molecule has 0 saturated carbocycles. The average molecular weight is 770 g/mol. The number of allylic oxidation sites excluding steroid dienone is 6. The van der Waals surface area contributed by atoms with E-state index in [0.717, 1.165) is 64.2 Å². The largest absolute Gasteiger partial charge is 0.472 e. The van der Waals surface area contributed by atoms with E-state index in [0.29, 0.717) is 12.8 Å². The first kappa shape index (κ1) is 51.2. The van der Waals surface area contributed by atoms with Gasteiger partial charge in [0.05, 0.1) is 13.2 Å². The van der Waals surface area contributed by atoms with Crippen LogP contribution >= 0.6 is 7.82 Å². The summed E-state index contributed by atoms with van der Waals surface area (Å²) in [5, 5.41) is 0. The summed E-state index contributed by atoms with van der Waals surface area (Å²) in [7, 11) is -4.38. The number of rotatable bonds is 40. The fourth-order valence-electron chi connectivity index (χ4n) is 5.78.